The summed E-state index contributed by atoms with van der Waals surface area (Å²) in [6, 6.07) is 8.35. The van der Waals surface area contributed by atoms with E-state index in [4.69, 9.17) is 16.3 Å². The molecule has 0 bridgehead atoms. The molecule has 0 aliphatic heterocycles. The van der Waals surface area contributed by atoms with Crippen LogP contribution >= 0.6 is 11.6 Å². The summed E-state index contributed by atoms with van der Waals surface area (Å²) in [6.07, 6.45) is 3.51. The van der Waals surface area contributed by atoms with Crippen LogP contribution in [0.25, 0.3) is 0 Å². The van der Waals surface area contributed by atoms with Crippen LogP contribution in [0.1, 0.15) is 37.8 Å². The van der Waals surface area contributed by atoms with E-state index in [-0.39, 0.29) is 11.6 Å². The lowest BCUT2D eigenvalue weighted by Crippen LogP contribution is -2.50. The molecule has 0 amide bonds. The lowest BCUT2D eigenvalue weighted by atomic mass is 9.72. The second-order valence-electron chi connectivity index (χ2n) is 4.66. The molecule has 0 heterocycles. The van der Waals surface area contributed by atoms with Gasteiger partial charge in [0.1, 0.15) is 0 Å². The molecule has 1 unspecified atom stereocenters. The van der Waals surface area contributed by atoms with Gasteiger partial charge in [-0.2, -0.15) is 0 Å². The van der Waals surface area contributed by atoms with Crippen molar-refractivity contribution in [1.29, 1.82) is 0 Å². The highest BCUT2D eigenvalue weighted by Gasteiger charge is 2.44. The Kier molecular flexibility index (Phi) is 4.08. The van der Waals surface area contributed by atoms with Crippen LogP contribution in [0, 0.1) is 0 Å². The van der Waals surface area contributed by atoms with Gasteiger partial charge in [-0.1, -0.05) is 30.7 Å². The number of ether oxygens (including phenoxy) is 1. The second kappa shape index (κ2) is 5.38. The Bertz CT molecular complexity index is 353. The summed E-state index contributed by atoms with van der Waals surface area (Å²) in [5.41, 5.74) is 1.24. The number of hydrogen-bond acceptors (Lipinski definition) is 2. The van der Waals surface area contributed by atoms with Crippen molar-refractivity contribution < 1.29 is 4.74 Å². The van der Waals surface area contributed by atoms with E-state index in [1.807, 2.05) is 19.2 Å². The highest BCUT2D eigenvalue weighted by Crippen LogP contribution is 2.44. The topological polar surface area (TPSA) is 21.3 Å². The average Bonchev–Trinajstić information content (AvgIpc) is 2.28. The summed E-state index contributed by atoms with van der Waals surface area (Å²) >= 11 is 5.94. The molecule has 1 atom stereocenters. The van der Waals surface area contributed by atoms with Gasteiger partial charge in [0.2, 0.25) is 0 Å². The molecule has 1 N–H and O–H groups in total. The lowest BCUT2D eigenvalue weighted by Gasteiger charge is -2.47. The van der Waals surface area contributed by atoms with E-state index in [1.54, 1.807) is 0 Å². The van der Waals surface area contributed by atoms with Gasteiger partial charge in [-0.05, 0) is 43.5 Å². The fourth-order valence-corrected chi connectivity index (χ4v) is 2.73. The third-order valence-electron chi connectivity index (χ3n) is 3.74. The van der Waals surface area contributed by atoms with Crippen LogP contribution in [0.15, 0.2) is 24.3 Å². The van der Waals surface area contributed by atoms with E-state index < -0.39 is 0 Å². The van der Waals surface area contributed by atoms with E-state index >= 15 is 0 Å². The van der Waals surface area contributed by atoms with Gasteiger partial charge in [0.15, 0.2) is 0 Å². The van der Waals surface area contributed by atoms with Gasteiger partial charge in [0.05, 0.1) is 11.6 Å². The molecule has 0 saturated heterocycles. The molecule has 0 aromatic heterocycles. The van der Waals surface area contributed by atoms with Gasteiger partial charge in [0, 0.05) is 12.1 Å². The molecule has 0 spiro atoms. The van der Waals surface area contributed by atoms with Gasteiger partial charge in [-0.15, -0.1) is 0 Å². The van der Waals surface area contributed by atoms with Crippen LogP contribution in [0.4, 0.5) is 0 Å². The minimum atomic E-state index is -0.0240. The first-order valence-corrected chi connectivity index (χ1v) is 6.63. The molecule has 0 radical (unpaired) electrons. The normalized spacial score (nSPS) is 19.7. The molecule has 17 heavy (non-hydrogen) atoms. The van der Waals surface area contributed by atoms with Crippen LogP contribution < -0.4 is 5.32 Å². The maximum atomic E-state index is 5.94. The van der Waals surface area contributed by atoms with E-state index in [0.29, 0.717) is 0 Å². The van der Waals surface area contributed by atoms with Crippen LogP contribution in [0.5, 0.6) is 0 Å². The first kappa shape index (κ1) is 12.9. The zero-order chi connectivity index (χ0) is 12.3. The smallest absolute Gasteiger partial charge is 0.0872 e. The van der Waals surface area contributed by atoms with Gasteiger partial charge >= 0.3 is 0 Å². The number of benzene rings is 1. The Labute approximate surface area is 108 Å². The number of nitrogens with one attached hydrogen (secondary N) is 1. The number of hydrogen-bond donors (Lipinski definition) is 1. The Morgan fingerprint density at radius 1 is 1.35 bits per heavy atom. The standard InChI is InChI=1S/C14H20ClNO/c1-3-16-13(14(17-2)9-4-10-14)11-5-7-12(15)8-6-11/h5-8,13,16H,3-4,9-10H2,1-2H3. The summed E-state index contributed by atoms with van der Waals surface area (Å²) < 4.78 is 5.78. The van der Waals surface area contributed by atoms with Gasteiger partial charge in [-0.3, -0.25) is 0 Å². The van der Waals surface area contributed by atoms with Crippen molar-refractivity contribution >= 4 is 11.6 Å². The molecule has 1 aliphatic carbocycles. The molecule has 1 saturated carbocycles. The maximum Gasteiger partial charge on any atom is 0.0872 e. The van der Waals surface area contributed by atoms with Crippen LogP contribution in [-0.4, -0.2) is 19.3 Å². The number of methoxy groups -OCH3 is 1. The first-order valence-electron chi connectivity index (χ1n) is 6.26. The van der Waals surface area contributed by atoms with Crippen molar-refractivity contribution in [3.05, 3.63) is 34.9 Å². The van der Waals surface area contributed by atoms with Crippen molar-refractivity contribution in [2.45, 2.75) is 37.8 Å². The molecule has 94 valence electrons. The van der Waals surface area contributed by atoms with Gasteiger partial charge in [-0.25, -0.2) is 0 Å². The average molecular weight is 254 g/mol. The minimum Gasteiger partial charge on any atom is -0.376 e. The van der Waals surface area contributed by atoms with Crippen molar-refractivity contribution in [1.82, 2.24) is 5.32 Å². The SMILES string of the molecule is CCNC(c1ccc(Cl)cc1)C1(OC)CCC1. The number of rotatable bonds is 5. The van der Waals surface area contributed by atoms with Crippen LogP contribution in [-0.2, 0) is 4.74 Å². The second-order valence-corrected chi connectivity index (χ2v) is 5.10. The Morgan fingerprint density at radius 3 is 2.41 bits per heavy atom. The van der Waals surface area contributed by atoms with Gasteiger partial charge < -0.3 is 10.1 Å². The van der Waals surface area contributed by atoms with E-state index in [2.05, 4.69) is 24.4 Å². The molecular formula is C14H20ClNO. The molecular weight excluding hydrogens is 234 g/mol. The molecule has 3 heteroatoms. The summed E-state index contributed by atoms with van der Waals surface area (Å²) in [5, 5.41) is 4.33. The quantitative estimate of drug-likeness (QED) is 0.866. The van der Waals surface area contributed by atoms with Crippen molar-refractivity contribution in [3.63, 3.8) is 0 Å². The van der Waals surface area contributed by atoms with Crippen molar-refractivity contribution in [2.75, 3.05) is 13.7 Å². The summed E-state index contributed by atoms with van der Waals surface area (Å²) in [6.45, 7) is 3.07. The largest absolute Gasteiger partial charge is 0.376 e. The Hall–Kier alpha value is -0.570. The van der Waals surface area contributed by atoms with Crippen molar-refractivity contribution in [3.8, 4) is 0 Å². The molecule has 1 aromatic rings. The van der Waals surface area contributed by atoms with E-state index in [9.17, 15) is 0 Å². The highest BCUT2D eigenvalue weighted by molar-refractivity contribution is 6.30. The fourth-order valence-electron chi connectivity index (χ4n) is 2.60. The molecule has 2 rings (SSSR count). The van der Waals surface area contributed by atoms with Crippen LogP contribution in [0.2, 0.25) is 5.02 Å². The third-order valence-corrected chi connectivity index (χ3v) is 4.00. The van der Waals surface area contributed by atoms with Crippen LogP contribution in [0.3, 0.4) is 0 Å². The first-order chi connectivity index (χ1) is 8.22. The number of likely N-dealkylation sites (N-methyl/N-ethyl adjacent to an activating group) is 1. The number of halogens is 1. The minimum absolute atomic E-state index is 0.0240. The maximum absolute atomic E-state index is 5.94. The Morgan fingerprint density at radius 2 is 2.00 bits per heavy atom. The summed E-state index contributed by atoms with van der Waals surface area (Å²) in [7, 11) is 1.82. The summed E-state index contributed by atoms with van der Waals surface area (Å²) in [5.74, 6) is 0. The zero-order valence-electron chi connectivity index (χ0n) is 10.5. The van der Waals surface area contributed by atoms with Gasteiger partial charge in [0.25, 0.3) is 0 Å². The highest BCUT2D eigenvalue weighted by atomic mass is 35.5. The Balaban J connectivity index is 2.25. The predicted molar refractivity (Wildman–Crippen MR) is 71.5 cm³/mol. The monoisotopic (exact) mass is 253 g/mol. The third kappa shape index (κ3) is 2.49. The van der Waals surface area contributed by atoms with E-state index in [1.165, 1.54) is 12.0 Å². The van der Waals surface area contributed by atoms with E-state index in [0.717, 1.165) is 24.4 Å². The predicted octanol–water partition coefficient (Wildman–Crippen LogP) is 3.56. The fraction of sp³-hybridized carbons (Fsp3) is 0.571. The summed E-state index contributed by atoms with van der Waals surface area (Å²) in [4.78, 5) is 0. The lowest BCUT2D eigenvalue weighted by molar-refractivity contribution is -0.0995. The zero-order valence-corrected chi connectivity index (χ0v) is 11.3. The molecule has 2 nitrogen and oxygen atoms in total. The molecule has 1 fully saturated rings. The molecule has 1 aliphatic rings. The van der Waals surface area contributed by atoms with Crippen molar-refractivity contribution in [2.24, 2.45) is 0 Å². The molecule has 1 aromatic carbocycles.